The molecule has 0 amide bonds. The molecule has 58 valence electrons. The van der Waals surface area contributed by atoms with Gasteiger partial charge in [0.1, 0.15) is 5.56 Å². The average molecular weight is 155 g/mol. The van der Waals surface area contributed by atoms with E-state index in [4.69, 9.17) is 21.8 Å². The molecule has 2 N–H and O–H groups in total. The Kier molecular flexibility index (Phi) is 14.7. The van der Waals surface area contributed by atoms with Gasteiger partial charge in [-0.3, -0.25) is 0 Å². The van der Waals surface area contributed by atoms with Crippen molar-refractivity contribution in [3.8, 4) is 0 Å². The van der Waals surface area contributed by atoms with Crippen molar-refractivity contribution in [1.29, 1.82) is 0 Å². The molecular weight excluding hydrogens is 140 g/mol. The lowest BCUT2D eigenvalue weighted by molar-refractivity contribution is 0.277. The number of rotatable bonds is 2. The van der Waals surface area contributed by atoms with Crippen LogP contribution in [-0.4, -0.2) is 22.4 Å². The van der Waals surface area contributed by atoms with Crippen molar-refractivity contribution in [2.45, 2.75) is 32.3 Å². The van der Waals surface area contributed by atoms with Crippen LogP contribution in [0.4, 0.5) is 0 Å². The monoisotopic (exact) mass is 154 g/mol. The quantitative estimate of drug-likeness (QED) is 0.590. The van der Waals surface area contributed by atoms with Crippen molar-refractivity contribution in [3.63, 3.8) is 0 Å². The second-order valence-electron chi connectivity index (χ2n) is 1.65. The van der Waals surface area contributed by atoms with Crippen molar-refractivity contribution in [3.05, 3.63) is 0 Å². The molecule has 9 heavy (non-hydrogen) atoms. The van der Waals surface area contributed by atoms with Gasteiger partial charge in [-0.2, -0.15) is 0 Å². The lowest BCUT2D eigenvalue weighted by atomic mass is 10.4. The van der Waals surface area contributed by atoms with Crippen LogP contribution < -0.4 is 0 Å². The van der Waals surface area contributed by atoms with Crippen molar-refractivity contribution in [2.24, 2.45) is 0 Å². The fraction of sp³-hybridized carbons (Fsp3) is 1.00. The van der Waals surface area contributed by atoms with E-state index in [0.717, 1.165) is 12.8 Å². The van der Waals surface area contributed by atoms with Crippen molar-refractivity contribution in [1.82, 2.24) is 0 Å². The summed E-state index contributed by atoms with van der Waals surface area (Å²) in [5.41, 5.74) is -0.694. The Bertz CT molecular complexity index is 35.3. The number of halogens is 1. The van der Waals surface area contributed by atoms with E-state index in [2.05, 4.69) is 6.92 Å². The maximum absolute atomic E-state index is 8.07. The van der Waals surface area contributed by atoms with Crippen molar-refractivity contribution < 1.29 is 10.2 Å². The van der Waals surface area contributed by atoms with Crippen LogP contribution in [0.25, 0.3) is 0 Å². The lowest BCUT2D eigenvalue weighted by Crippen LogP contribution is -1.79. The molecule has 0 aliphatic carbocycles. The fourth-order valence-corrected chi connectivity index (χ4v) is 0.158. The topological polar surface area (TPSA) is 40.5 Å². The molecule has 2 nitrogen and oxygen atoms in total. The Hall–Kier alpha value is 0.210. The second kappa shape index (κ2) is 11.1. The smallest absolute Gasteiger partial charge is 0.125 e. The van der Waals surface area contributed by atoms with Gasteiger partial charge in [0.15, 0.2) is 0 Å². The molecule has 0 aromatic rings. The molecule has 0 saturated heterocycles. The van der Waals surface area contributed by atoms with Crippen LogP contribution in [0.15, 0.2) is 0 Å². The van der Waals surface area contributed by atoms with E-state index < -0.39 is 5.56 Å². The van der Waals surface area contributed by atoms with Crippen LogP contribution in [0.1, 0.15) is 26.7 Å². The van der Waals surface area contributed by atoms with Crippen LogP contribution >= 0.6 is 11.6 Å². The number of hydrogen-bond acceptors (Lipinski definition) is 2. The van der Waals surface area contributed by atoms with E-state index >= 15 is 0 Å². The van der Waals surface area contributed by atoms with Crippen LogP contribution in [-0.2, 0) is 0 Å². The van der Waals surface area contributed by atoms with Gasteiger partial charge in [-0.15, -0.1) is 0 Å². The molecule has 0 radical (unpaired) electrons. The molecule has 0 spiro atoms. The van der Waals surface area contributed by atoms with Crippen LogP contribution in [0.5, 0.6) is 0 Å². The third-order valence-corrected chi connectivity index (χ3v) is 0.512. The van der Waals surface area contributed by atoms with Gasteiger partial charge in [0.2, 0.25) is 0 Å². The minimum Gasteiger partial charge on any atom is -0.396 e. The van der Waals surface area contributed by atoms with Gasteiger partial charge in [-0.25, -0.2) is 0 Å². The molecule has 1 atom stereocenters. The van der Waals surface area contributed by atoms with E-state index in [1.807, 2.05) is 0 Å². The average Bonchev–Trinajstić information content (AvgIpc) is 1.66. The normalized spacial score (nSPS) is 11.7. The molecule has 0 fully saturated rings. The summed E-state index contributed by atoms with van der Waals surface area (Å²) in [6.07, 6.45) is 2.04. The zero-order chi connectivity index (χ0) is 7.70. The van der Waals surface area contributed by atoms with E-state index in [1.54, 1.807) is 0 Å². The zero-order valence-electron chi connectivity index (χ0n) is 5.97. The first-order chi connectivity index (χ1) is 4.15. The lowest BCUT2D eigenvalue weighted by Gasteiger charge is -1.79. The maximum Gasteiger partial charge on any atom is 0.125 e. The summed E-state index contributed by atoms with van der Waals surface area (Å²) in [7, 11) is 0. The Morgan fingerprint density at radius 3 is 1.89 bits per heavy atom. The molecule has 0 aliphatic rings. The van der Waals surface area contributed by atoms with Crippen LogP contribution in [0, 0.1) is 0 Å². The van der Waals surface area contributed by atoms with Crippen molar-refractivity contribution in [2.75, 3.05) is 6.61 Å². The minimum atomic E-state index is -0.694. The highest BCUT2D eigenvalue weighted by atomic mass is 35.5. The molecular formula is C6H15ClO2. The Morgan fingerprint density at radius 2 is 1.89 bits per heavy atom. The summed E-state index contributed by atoms with van der Waals surface area (Å²) >= 11 is 4.83. The SMILES string of the molecule is CC(O)Cl.CCCCO. The highest BCUT2D eigenvalue weighted by molar-refractivity contribution is 6.19. The van der Waals surface area contributed by atoms with Gasteiger partial charge in [0.05, 0.1) is 0 Å². The molecule has 0 rings (SSSR count). The highest BCUT2D eigenvalue weighted by Gasteiger charge is 1.72. The van der Waals surface area contributed by atoms with Gasteiger partial charge in [0.25, 0.3) is 0 Å². The highest BCUT2D eigenvalue weighted by Crippen LogP contribution is 1.79. The van der Waals surface area contributed by atoms with E-state index in [1.165, 1.54) is 6.92 Å². The number of hydrogen-bond donors (Lipinski definition) is 2. The number of unbranched alkanes of at least 4 members (excludes halogenated alkanes) is 1. The van der Waals surface area contributed by atoms with Gasteiger partial charge < -0.3 is 10.2 Å². The number of aliphatic hydroxyl groups is 2. The molecule has 1 unspecified atom stereocenters. The molecule has 0 aromatic carbocycles. The van der Waals surface area contributed by atoms with E-state index in [0.29, 0.717) is 6.61 Å². The molecule has 0 saturated carbocycles. The molecule has 3 heteroatoms. The van der Waals surface area contributed by atoms with Gasteiger partial charge in [0, 0.05) is 6.61 Å². The molecule has 0 heterocycles. The predicted molar refractivity (Wildman–Crippen MR) is 39.5 cm³/mol. The van der Waals surface area contributed by atoms with Crippen LogP contribution in [0.3, 0.4) is 0 Å². The number of aliphatic hydroxyl groups excluding tert-OH is 2. The second-order valence-corrected chi connectivity index (χ2v) is 2.28. The largest absolute Gasteiger partial charge is 0.396 e. The summed E-state index contributed by atoms with van der Waals surface area (Å²) in [5.74, 6) is 0. The fourth-order valence-electron chi connectivity index (χ4n) is 0.158. The minimum absolute atomic E-state index is 0.344. The van der Waals surface area contributed by atoms with Gasteiger partial charge in [-0.05, 0) is 13.3 Å². The van der Waals surface area contributed by atoms with E-state index in [-0.39, 0.29) is 0 Å². The first-order valence-electron chi connectivity index (χ1n) is 3.08. The van der Waals surface area contributed by atoms with E-state index in [9.17, 15) is 0 Å². The Morgan fingerprint density at radius 1 is 1.56 bits per heavy atom. The summed E-state index contributed by atoms with van der Waals surface area (Å²) in [4.78, 5) is 0. The summed E-state index contributed by atoms with van der Waals surface area (Å²) in [5, 5.41) is 15.9. The first-order valence-corrected chi connectivity index (χ1v) is 3.51. The van der Waals surface area contributed by atoms with Gasteiger partial charge >= 0.3 is 0 Å². The summed E-state index contributed by atoms with van der Waals surface area (Å²) in [6.45, 7) is 3.88. The summed E-state index contributed by atoms with van der Waals surface area (Å²) in [6, 6.07) is 0. The Labute approximate surface area is 61.5 Å². The maximum atomic E-state index is 8.07. The van der Waals surface area contributed by atoms with Crippen LogP contribution in [0.2, 0.25) is 0 Å². The van der Waals surface area contributed by atoms with Gasteiger partial charge in [-0.1, -0.05) is 24.9 Å². The standard InChI is InChI=1S/C4H10O.C2H5ClO/c1-2-3-4-5;1-2(3)4/h5H,2-4H2,1H3;2,4H,1H3. The zero-order valence-corrected chi connectivity index (χ0v) is 6.73. The molecule has 0 aromatic heterocycles. The summed E-state index contributed by atoms with van der Waals surface area (Å²) < 4.78 is 0. The third kappa shape index (κ3) is 64.8. The third-order valence-electron chi connectivity index (χ3n) is 0.512. The first kappa shape index (κ1) is 11.9. The van der Waals surface area contributed by atoms with Crippen molar-refractivity contribution >= 4 is 11.6 Å². The Balaban J connectivity index is 0. The molecule has 0 bridgehead atoms. The predicted octanol–water partition coefficient (Wildman–Crippen LogP) is 1.34. The molecule has 0 aliphatic heterocycles. The number of alkyl halides is 1.